The van der Waals surface area contributed by atoms with Gasteiger partial charge >= 0.3 is 6.18 Å². The molecular formula is C13H11F4N3S. The molecule has 21 heavy (non-hydrogen) atoms. The molecule has 3 nitrogen and oxygen atoms in total. The third kappa shape index (κ3) is 2.77. The van der Waals surface area contributed by atoms with Gasteiger partial charge in [0, 0.05) is 0 Å². The minimum Gasteiger partial charge on any atom is -0.308 e. The molecule has 0 aromatic heterocycles. The van der Waals surface area contributed by atoms with Crippen LogP contribution in [0, 0.1) is 5.82 Å². The van der Waals surface area contributed by atoms with Gasteiger partial charge in [0.05, 0.1) is 18.3 Å². The Labute approximate surface area is 122 Å². The van der Waals surface area contributed by atoms with Crippen LogP contribution in [-0.2, 0) is 0 Å². The molecule has 0 fully saturated rings. The first-order valence-corrected chi connectivity index (χ1v) is 7.05. The van der Waals surface area contributed by atoms with Crippen molar-refractivity contribution in [2.45, 2.75) is 18.3 Å². The highest BCUT2D eigenvalue weighted by atomic mass is 32.2. The molecule has 0 saturated heterocycles. The minimum atomic E-state index is -4.34. The second-order valence-corrected chi connectivity index (χ2v) is 5.57. The Morgan fingerprint density at radius 3 is 2.62 bits per heavy atom. The summed E-state index contributed by atoms with van der Waals surface area (Å²) in [6.07, 6.45) is -3.21. The molecule has 1 aromatic carbocycles. The zero-order chi connectivity index (χ0) is 15.0. The molecule has 2 heterocycles. The highest BCUT2D eigenvalue weighted by Gasteiger charge is 2.48. The summed E-state index contributed by atoms with van der Waals surface area (Å²) in [6, 6.07) is 3.41. The molecule has 0 aliphatic carbocycles. The predicted octanol–water partition coefficient (Wildman–Crippen LogP) is 2.91. The van der Waals surface area contributed by atoms with Crippen LogP contribution in [0.4, 0.5) is 17.6 Å². The van der Waals surface area contributed by atoms with Crippen molar-refractivity contribution in [3.05, 3.63) is 47.1 Å². The van der Waals surface area contributed by atoms with Gasteiger partial charge < -0.3 is 5.43 Å². The van der Waals surface area contributed by atoms with Crippen molar-refractivity contribution in [1.29, 1.82) is 0 Å². The van der Waals surface area contributed by atoms with E-state index in [-0.39, 0.29) is 6.54 Å². The number of benzene rings is 1. The molecule has 2 aliphatic rings. The standard InChI is InChI=1S/C13H11F4N3S/c14-9-3-1-8(2-4-9)12-10(7-18-19-12)20-11(5-6-21-20)13(15,16)17/h1-6,10-11,18H,7H2. The molecule has 1 N–H and O–H groups in total. The molecule has 3 rings (SSSR count). The van der Waals surface area contributed by atoms with E-state index in [1.165, 1.54) is 34.0 Å². The van der Waals surface area contributed by atoms with E-state index in [9.17, 15) is 17.6 Å². The lowest BCUT2D eigenvalue weighted by molar-refractivity contribution is -0.157. The Bertz CT molecular complexity index is 582. The molecule has 2 unspecified atom stereocenters. The molecule has 1 aromatic rings. The van der Waals surface area contributed by atoms with Crippen LogP contribution in [0.25, 0.3) is 0 Å². The maximum atomic E-state index is 13.0. The summed E-state index contributed by atoms with van der Waals surface area (Å²) in [5, 5.41) is 5.50. The van der Waals surface area contributed by atoms with Gasteiger partial charge in [0.1, 0.15) is 11.9 Å². The van der Waals surface area contributed by atoms with E-state index in [0.29, 0.717) is 11.3 Å². The molecular weight excluding hydrogens is 306 g/mol. The summed E-state index contributed by atoms with van der Waals surface area (Å²) in [7, 11) is 0. The largest absolute Gasteiger partial charge is 0.408 e. The Morgan fingerprint density at radius 1 is 1.24 bits per heavy atom. The van der Waals surface area contributed by atoms with Gasteiger partial charge in [-0.2, -0.15) is 18.3 Å². The second kappa shape index (κ2) is 5.34. The smallest absolute Gasteiger partial charge is 0.308 e. The number of nitrogens with one attached hydrogen (secondary N) is 1. The van der Waals surface area contributed by atoms with Crippen LogP contribution in [0.15, 0.2) is 40.9 Å². The van der Waals surface area contributed by atoms with Gasteiger partial charge in [-0.1, -0.05) is 12.1 Å². The minimum absolute atomic E-state index is 0.286. The van der Waals surface area contributed by atoms with Crippen molar-refractivity contribution in [2.24, 2.45) is 5.10 Å². The van der Waals surface area contributed by atoms with Crippen molar-refractivity contribution in [3.8, 4) is 0 Å². The molecule has 0 spiro atoms. The van der Waals surface area contributed by atoms with Crippen LogP contribution in [0.1, 0.15) is 5.56 Å². The fourth-order valence-electron chi connectivity index (χ4n) is 2.33. The third-order valence-corrected chi connectivity index (χ3v) is 4.30. The van der Waals surface area contributed by atoms with Gasteiger partial charge in [-0.3, -0.25) is 0 Å². The van der Waals surface area contributed by atoms with Crippen molar-refractivity contribution >= 4 is 17.7 Å². The number of halogens is 4. The maximum Gasteiger partial charge on any atom is 0.408 e. The zero-order valence-electron chi connectivity index (χ0n) is 10.6. The number of hydrogen-bond donors (Lipinski definition) is 1. The normalized spacial score (nSPS) is 26.0. The average Bonchev–Trinajstić information content (AvgIpc) is 3.07. The van der Waals surface area contributed by atoms with Crippen molar-refractivity contribution < 1.29 is 17.6 Å². The molecule has 0 bridgehead atoms. The number of nitrogens with zero attached hydrogens (tertiary/aromatic N) is 2. The topological polar surface area (TPSA) is 27.6 Å². The fourth-order valence-corrected chi connectivity index (χ4v) is 3.33. The SMILES string of the molecule is Fc1ccc(C2=NNCC2N2SC=CC2C(F)(F)F)cc1. The van der Waals surface area contributed by atoms with Crippen LogP contribution in [0.5, 0.6) is 0 Å². The maximum absolute atomic E-state index is 13.0. The lowest BCUT2D eigenvalue weighted by Crippen LogP contribution is -2.48. The summed E-state index contributed by atoms with van der Waals surface area (Å²) in [5.74, 6) is -0.396. The van der Waals surface area contributed by atoms with Crippen LogP contribution in [-0.4, -0.2) is 34.8 Å². The average molecular weight is 317 g/mol. The predicted molar refractivity (Wildman–Crippen MR) is 73.1 cm³/mol. The van der Waals surface area contributed by atoms with Crippen molar-refractivity contribution in [1.82, 2.24) is 9.73 Å². The number of hydrogen-bond acceptors (Lipinski definition) is 4. The highest BCUT2D eigenvalue weighted by molar-refractivity contribution is 8.00. The van der Waals surface area contributed by atoms with Gasteiger partial charge in [-0.15, -0.1) is 0 Å². The van der Waals surface area contributed by atoms with E-state index in [4.69, 9.17) is 0 Å². The first kappa shape index (κ1) is 14.4. The zero-order valence-corrected chi connectivity index (χ0v) is 11.5. The van der Waals surface area contributed by atoms with Crippen LogP contribution in [0.2, 0.25) is 0 Å². The quantitative estimate of drug-likeness (QED) is 0.671. The van der Waals surface area contributed by atoms with E-state index in [1.807, 2.05) is 0 Å². The second-order valence-electron chi connectivity index (χ2n) is 4.66. The Hall–Kier alpha value is -1.54. The van der Waals surface area contributed by atoms with E-state index in [2.05, 4.69) is 10.5 Å². The summed E-state index contributed by atoms with van der Waals surface area (Å²) in [5.41, 5.74) is 3.83. The third-order valence-electron chi connectivity index (χ3n) is 3.30. The Morgan fingerprint density at radius 2 is 1.95 bits per heavy atom. The fraction of sp³-hybridized carbons (Fsp3) is 0.308. The molecule has 2 aliphatic heterocycles. The van der Waals surface area contributed by atoms with Crippen LogP contribution >= 0.6 is 11.9 Å². The van der Waals surface area contributed by atoms with Gasteiger partial charge in [-0.25, -0.2) is 8.70 Å². The molecule has 0 amide bonds. The van der Waals surface area contributed by atoms with E-state index in [0.717, 1.165) is 18.0 Å². The van der Waals surface area contributed by atoms with Gasteiger partial charge in [0.15, 0.2) is 0 Å². The molecule has 2 atom stereocenters. The molecule has 0 radical (unpaired) electrons. The van der Waals surface area contributed by atoms with Crippen LogP contribution in [0.3, 0.4) is 0 Å². The van der Waals surface area contributed by atoms with E-state index >= 15 is 0 Å². The molecule has 8 heteroatoms. The number of alkyl halides is 3. The summed E-state index contributed by atoms with van der Waals surface area (Å²) in [4.78, 5) is 0. The van der Waals surface area contributed by atoms with Gasteiger partial charge in [-0.05, 0) is 41.1 Å². The molecule has 112 valence electrons. The van der Waals surface area contributed by atoms with Gasteiger partial charge in [0.2, 0.25) is 0 Å². The summed E-state index contributed by atoms with van der Waals surface area (Å²) in [6.45, 7) is 0.286. The Kier molecular flexibility index (Phi) is 3.66. The van der Waals surface area contributed by atoms with Crippen molar-refractivity contribution in [3.63, 3.8) is 0 Å². The number of rotatable bonds is 2. The first-order chi connectivity index (χ1) is 9.97. The lowest BCUT2D eigenvalue weighted by Gasteiger charge is -2.30. The number of hydrazone groups is 1. The van der Waals surface area contributed by atoms with Crippen molar-refractivity contribution in [2.75, 3.05) is 6.54 Å². The first-order valence-electron chi connectivity index (χ1n) is 6.22. The monoisotopic (exact) mass is 317 g/mol. The van der Waals surface area contributed by atoms with Crippen LogP contribution < -0.4 is 5.43 Å². The summed E-state index contributed by atoms with van der Waals surface area (Å²) >= 11 is 1.01. The van der Waals surface area contributed by atoms with E-state index in [1.54, 1.807) is 0 Å². The van der Waals surface area contributed by atoms with E-state index < -0.39 is 24.1 Å². The molecule has 0 saturated carbocycles. The van der Waals surface area contributed by atoms with Gasteiger partial charge in [0.25, 0.3) is 0 Å². The highest BCUT2D eigenvalue weighted by Crippen LogP contribution is 2.38. The lowest BCUT2D eigenvalue weighted by atomic mass is 10.0. The summed E-state index contributed by atoms with van der Waals surface area (Å²) < 4.78 is 53.3. The Balaban J connectivity index is 1.86.